The molecule has 0 spiro atoms. The van der Waals surface area contributed by atoms with Gasteiger partial charge in [0.2, 0.25) is 5.82 Å². The van der Waals surface area contributed by atoms with E-state index in [1.54, 1.807) is 6.92 Å². The summed E-state index contributed by atoms with van der Waals surface area (Å²) in [7, 11) is 1.82. The standard InChI is InChI=1S/C16H19N5O3.C10H8F4O/c1-8-6-10(18-3)4-5-11(8)12-13-14(17)19-7-9(2)21(13)15(20-12)16(22,23)24;1-2-9(15)6-3-7(10(12,13)14)5-8(11)4-6/h4-7,18,22-24H,1-3H3,(H2,17,19);2-5,9,15H,1H2. The lowest BCUT2D eigenvalue weighted by atomic mass is 10.0. The third-order valence-electron chi connectivity index (χ3n) is 5.75. The number of benzene rings is 2. The normalized spacial score (nSPS) is 12.6. The molecule has 0 amide bonds. The lowest BCUT2D eigenvalue weighted by molar-refractivity contribution is -0.329. The van der Waals surface area contributed by atoms with Crippen molar-refractivity contribution in [2.75, 3.05) is 18.1 Å². The maximum atomic E-state index is 12.8. The van der Waals surface area contributed by atoms with Crippen LogP contribution in [0.2, 0.25) is 0 Å². The summed E-state index contributed by atoms with van der Waals surface area (Å²) >= 11 is 0. The zero-order chi connectivity index (χ0) is 29.3. The van der Waals surface area contributed by atoms with Gasteiger partial charge >= 0.3 is 12.1 Å². The van der Waals surface area contributed by atoms with Gasteiger partial charge in [0.25, 0.3) is 0 Å². The minimum absolute atomic E-state index is 0.169. The average Bonchev–Trinajstić information content (AvgIpc) is 3.27. The summed E-state index contributed by atoms with van der Waals surface area (Å²) in [5, 5.41) is 41.3. The molecule has 0 saturated heterocycles. The van der Waals surface area contributed by atoms with E-state index in [0.29, 0.717) is 29.0 Å². The number of alkyl halides is 3. The minimum atomic E-state index is -4.63. The van der Waals surface area contributed by atoms with E-state index in [1.807, 2.05) is 32.2 Å². The Morgan fingerprint density at radius 3 is 2.31 bits per heavy atom. The van der Waals surface area contributed by atoms with E-state index in [4.69, 9.17) is 5.73 Å². The van der Waals surface area contributed by atoms with Gasteiger partial charge in [0.1, 0.15) is 22.8 Å². The van der Waals surface area contributed by atoms with Crippen LogP contribution in [-0.2, 0) is 12.1 Å². The van der Waals surface area contributed by atoms with Gasteiger partial charge in [0.05, 0.1) is 11.7 Å². The van der Waals surface area contributed by atoms with Crippen molar-refractivity contribution < 1.29 is 38.0 Å². The number of nitrogens with one attached hydrogen (secondary N) is 1. The topological polar surface area (TPSA) is 149 Å². The fourth-order valence-electron chi connectivity index (χ4n) is 3.86. The molecule has 2 heterocycles. The molecule has 7 N–H and O–H groups in total. The zero-order valence-electron chi connectivity index (χ0n) is 21.1. The maximum absolute atomic E-state index is 12.8. The average molecular weight is 550 g/mol. The molecule has 9 nitrogen and oxygen atoms in total. The first-order chi connectivity index (χ1) is 18.1. The van der Waals surface area contributed by atoms with Crippen LogP contribution in [0.15, 0.2) is 55.3 Å². The van der Waals surface area contributed by atoms with E-state index in [1.165, 1.54) is 10.6 Å². The molecule has 39 heavy (non-hydrogen) atoms. The highest BCUT2D eigenvalue weighted by Gasteiger charge is 2.33. The Kier molecular flexibility index (Phi) is 8.31. The highest BCUT2D eigenvalue weighted by Crippen LogP contribution is 2.34. The number of nitrogen functional groups attached to an aromatic ring is 1. The molecule has 0 saturated carbocycles. The third kappa shape index (κ3) is 6.34. The van der Waals surface area contributed by atoms with Gasteiger partial charge in [-0.25, -0.2) is 14.4 Å². The summed E-state index contributed by atoms with van der Waals surface area (Å²) in [6.45, 7) is 6.82. The predicted octanol–water partition coefficient (Wildman–Crippen LogP) is 3.79. The van der Waals surface area contributed by atoms with E-state index in [0.717, 1.165) is 29.0 Å². The van der Waals surface area contributed by atoms with Crippen LogP contribution in [0.1, 0.15) is 34.3 Å². The summed E-state index contributed by atoms with van der Waals surface area (Å²) in [5.74, 6) is -4.30. The Hall–Kier alpha value is -4.04. The number of nitrogens with two attached hydrogens (primary N) is 1. The summed E-state index contributed by atoms with van der Waals surface area (Å²) in [6, 6.07) is 7.56. The Labute approximate surface area is 220 Å². The van der Waals surface area contributed by atoms with Crippen LogP contribution in [0.3, 0.4) is 0 Å². The van der Waals surface area contributed by atoms with Crippen LogP contribution >= 0.6 is 0 Å². The number of anilines is 2. The molecular weight excluding hydrogens is 522 g/mol. The van der Waals surface area contributed by atoms with E-state index in [2.05, 4.69) is 21.9 Å². The van der Waals surface area contributed by atoms with Crippen molar-refractivity contribution in [3.05, 3.63) is 89.3 Å². The lowest BCUT2D eigenvalue weighted by Gasteiger charge is -2.13. The van der Waals surface area contributed by atoms with Crippen molar-refractivity contribution >= 4 is 17.0 Å². The molecular formula is C26H27F4N5O4. The molecule has 1 atom stereocenters. The number of aliphatic hydroxyl groups is 4. The molecule has 13 heteroatoms. The van der Waals surface area contributed by atoms with Gasteiger partial charge in [0, 0.05) is 30.2 Å². The van der Waals surface area contributed by atoms with Crippen molar-refractivity contribution in [2.24, 2.45) is 0 Å². The van der Waals surface area contributed by atoms with E-state index in [9.17, 15) is 38.0 Å². The number of imidazole rings is 1. The van der Waals surface area contributed by atoms with Crippen LogP contribution in [0.4, 0.5) is 29.1 Å². The molecule has 0 bridgehead atoms. The molecule has 4 aromatic rings. The summed E-state index contributed by atoms with van der Waals surface area (Å²) in [4.78, 5) is 8.35. The first-order valence-electron chi connectivity index (χ1n) is 11.4. The largest absolute Gasteiger partial charge is 0.416 e. The Balaban J connectivity index is 0.000000242. The quantitative estimate of drug-likeness (QED) is 0.125. The number of hydrogen-bond acceptors (Lipinski definition) is 8. The van der Waals surface area contributed by atoms with Crippen LogP contribution in [0.25, 0.3) is 16.8 Å². The SMILES string of the molecule is C=CC(O)c1cc(F)cc(C(F)(F)F)c1.CNc1ccc(-c2nc(C(O)(O)O)n3c(C)cnc(N)c23)c(C)c1. The van der Waals surface area contributed by atoms with E-state index >= 15 is 0 Å². The zero-order valence-corrected chi connectivity index (χ0v) is 21.1. The van der Waals surface area contributed by atoms with Crippen molar-refractivity contribution in [3.8, 4) is 11.3 Å². The number of nitrogens with zero attached hydrogens (tertiary/aromatic N) is 3. The Bertz CT molecular complexity index is 1510. The fourth-order valence-corrected chi connectivity index (χ4v) is 3.86. The summed E-state index contributed by atoms with van der Waals surface area (Å²) in [5.41, 5.74) is 8.68. The van der Waals surface area contributed by atoms with Crippen LogP contribution < -0.4 is 11.1 Å². The number of hydrogen-bond donors (Lipinski definition) is 6. The number of aromatic nitrogens is 3. The molecule has 0 aliphatic carbocycles. The molecule has 0 aliphatic heterocycles. The highest BCUT2D eigenvalue weighted by molar-refractivity contribution is 5.87. The van der Waals surface area contributed by atoms with Crippen LogP contribution in [-0.4, -0.2) is 41.8 Å². The van der Waals surface area contributed by atoms with Gasteiger partial charge in [-0.3, -0.25) is 4.40 Å². The fraction of sp³-hybridized carbons (Fsp3) is 0.231. The predicted molar refractivity (Wildman–Crippen MR) is 137 cm³/mol. The first-order valence-corrected chi connectivity index (χ1v) is 11.4. The molecule has 0 radical (unpaired) electrons. The van der Waals surface area contributed by atoms with Crippen LogP contribution in [0, 0.1) is 19.7 Å². The molecule has 0 fully saturated rings. The highest BCUT2D eigenvalue weighted by atomic mass is 19.4. The van der Waals surface area contributed by atoms with Gasteiger partial charge in [0.15, 0.2) is 0 Å². The second-order valence-electron chi connectivity index (χ2n) is 8.62. The number of rotatable bonds is 5. The molecule has 0 aliphatic rings. The van der Waals surface area contributed by atoms with Crippen LogP contribution in [0.5, 0.6) is 0 Å². The Morgan fingerprint density at radius 1 is 1.10 bits per heavy atom. The second-order valence-corrected chi connectivity index (χ2v) is 8.62. The monoisotopic (exact) mass is 549 g/mol. The van der Waals surface area contributed by atoms with Crippen molar-refractivity contribution in [1.82, 2.24) is 14.4 Å². The maximum Gasteiger partial charge on any atom is 0.416 e. The smallest absolute Gasteiger partial charge is 0.388 e. The molecule has 1 unspecified atom stereocenters. The first kappa shape index (κ1) is 29.5. The summed E-state index contributed by atoms with van der Waals surface area (Å²) in [6.07, 6.45) is -3.44. The molecule has 4 rings (SSSR count). The van der Waals surface area contributed by atoms with Crippen molar-refractivity contribution in [2.45, 2.75) is 32.1 Å². The van der Waals surface area contributed by atoms with Gasteiger partial charge in [-0.1, -0.05) is 12.1 Å². The Morgan fingerprint density at radius 2 is 1.77 bits per heavy atom. The van der Waals surface area contributed by atoms with Gasteiger partial charge < -0.3 is 31.5 Å². The van der Waals surface area contributed by atoms with Crippen molar-refractivity contribution in [1.29, 1.82) is 0 Å². The number of aryl methyl sites for hydroxylation is 2. The third-order valence-corrected chi connectivity index (χ3v) is 5.75. The van der Waals surface area contributed by atoms with Gasteiger partial charge in [-0.05, 0) is 55.3 Å². The number of aliphatic hydroxyl groups excluding tert-OH is 1. The van der Waals surface area contributed by atoms with Gasteiger partial charge in [-0.15, -0.1) is 6.58 Å². The molecule has 208 valence electrons. The number of halogens is 4. The minimum Gasteiger partial charge on any atom is -0.388 e. The molecule has 2 aromatic heterocycles. The van der Waals surface area contributed by atoms with E-state index < -0.39 is 29.6 Å². The van der Waals surface area contributed by atoms with Gasteiger partial charge in [-0.2, -0.15) is 13.2 Å². The number of fused-ring (bicyclic) bond motifs is 1. The summed E-state index contributed by atoms with van der Waals surface area (Å²) < 4.78 is 50.9. The lowest BCUT2D eigenvalue weighted by Crippen LogP contribution is -2.27. The van der Waals surface area contributed by atoms with E-state index in [-0.39, 0.29) is 17.2 Å². The van der Waals surface area contributed by atoms with Crippen molar-refractivity contribution in [3.63, 3.8) is 0 Å². The second kappa shape index (κ2) is 11.0. The molecule has 2 aromatic carbocycles.